The van der Waals surface area contributed by atoms with Gasteiger partial charge in [0.15, 0.2) is 10.6 Å². The molecule has 2 heterocycles. The van der Waals surface area contributed by atoms with E-state index >= 15 is 0 Å². The van der Waals surface area contributed by atoms with Gasteiger partial charge in [0.05, 0.1) is 25.0 Å². The third kappa shape index (κ3) is 3.81. The first kappa shape index (κ1) is 19.0. The minimum absolute atomic E-state index is 0.0450. The lowest BCUT2D eigenvalue weighted by atomic mass is 10.0. The largest absolute Gasteiger partial charge is 0.399 e. The Morgan fingerprint density at radius 3 is 2.50 bits per heavy atom. The van der Waals surface area contributed by atoms with E-state index in [1.54, 1.807) is 0 Å². The topological polar surface area (TPSA) is 64.3 Å². The van der Waals surface area contributed by atoms with Gasteiger partial charge in [-0.2, -0.15) is 0 Å². The first-order valence-electron chi connectivity index (χ1n) is 8.95. The van der Waals surface area contributed by atoms with Gasteiger partial charge in [-0.25, -0.2) is 9.97 Å². The van der Waals surface area contributed by atoms with Crippen LogP contribution in [0.15, 0.2) is 30.3 Å². The molecule has 5 nitrogen and oxygen atoms in total. The highest BCUT2D eigenvalue weighted by Gasteiger charge is 2.35. The lowest BCUT2D eigenvalue weighted by Gasteiger charge is -2.43. The minimum atomic E-state index is -0.101. The van der Waals surface area contributed by atoms with Crippen LogP contribution in [-0.2, 0) is 21.2 Å². The monoisotopic (exact) mass is 373 g/mol. The summed E-state index contributed by atoms with van der Waals surface area (Å²) in [6, 6.07) is 9.91. The maximum absolute atomic E-state index is 5.84. The van der Waals surface area contributed by atoms with Gasteiger partial charge in [0, 0.05) is 23.9 Å². The number of anilines is 2. The molecular formula is C20H29N4OS+. The standard InChI is InChI=1S/C20H28N4OS/c1-19(2)13-25-11-10-24(19)17-12-16(20(3,4)26-5)22-18(23-17)14-6-8-15(21)9-7-14/h6-9,12H,10-11,13,21H2,1-5H3/p+1. The van der Waals surface area contributed by atoms with E-state index in [0.717, 1.165) is 41.7 Å². The van der Waals surface area contributed by atoms with Gasteiger partial charge in [-0.15, -0.1) is 0 Å². The van der Waals surface area contributed by atoms with Crippen LogP contribution in [-0.4, -0.2) is 41.5 Å². The van der Waals surface area contributed by atoms with Crippen LogP contribution in [0.5, 0.6) is 0 Å². The molecule has 1 aliphatic rings. The Bertz CT molecular complexity index is 774. The number of morpholine rings is 1. The Hall–Kier alpha value is -1.79. The summed E-state index contributed by atoms with van der Waals surface area (Å²) in [5, 5.41) is 0. The van der Waals surface area contributed by atoms with Gasteiger partial charge in [0.25, 0.3) is 0 Å². The lowest BCUT2D eigenvalue weighted by molar-refractivity contribution is 0.0639. The SMILES string of the molecule is C[SH+]C(C)(C)c1cc(N2CCOCC2(C)C)nc(-c2ccc(N)cc2)n1. The highest BCUT2D eigenvalue weighted by Crippen LogP contribution is 2.32. The van der Waals surface area contributed by atoms with Gasteiger partial charge in [0.1, 0.15) is 11.5 Å². The number of nitrogen functional groups attached to an aromatic ring is 1. The van der Waals surface area contributed by atoms with E-state index in [-0.39, 0.29) is 10.3 Å². The lowest BCUT2D eigenvalue weighted by Crippen LogP contribution is -2.53. The number of nitrogens with two attached hydrogens (primary N) is 1. The number of aromatic nitrogens is 2. The van der Waals surface area contributed by atoms with Crippen molar-refractivity contribution >= 4 is 23.3 Å². The van der Waals surface area contributed by atoms with Crippen molar-refractivity contribution in [3.05, 3.63) is 36.0 Å². The van der Waals surface area contributed by atoms with Crippen LogP contribution in [0.1, 0.15) is 33.4 Å². The fourth-order valence-electron chi connectivity index (χ4n) is 3.04. The van der Waals surface area contributed by atoms with Crippen LogP contribution in [0.4, 0.5) is 11.5 Å². The molecule has 0 spiro atoms. The Labute approximate surface area is 160 Å². The molecule has 0 bridgehead atoms. The van der Waals surface area contributed by atoms with E-state index in [9.17, 15) is 0 Å². The highest BCUT2D eigenvalue weighted by atomic mass is 32.2. The molecule has 3 rings (SSSR count). The summed E-state index contributed by atoms with van der Waals surface area (Å²) in [6.45, 7) is 11.1. The molecule has 0 unspecified atom stereocenters. The predicted octanol–water partition coefficient (Wildman–Crippen LogP) is 3.02. The summed E-state index contributed by atoms with van der Waals surface area (Å²) in [5.41, 5.74) is 8.52. The zero-order chi connectivity index (χ0) is 18.9. The molecule has 1 fully saturated rings. The summed E-state index contributed by atoms with van der Waals surface area (Å²) >= 11 is 1.27. The van der Waals surface area contributed by atoms with Gasteiger partial charge < -0.3 is 15.4 Å². The zero-order valence-electron chi connectivity index (χ0n) is 16.3. The molecule has 2 N–H and O–H groups in total. The molecule has 0 radical (unpaired) electrons. The number of hydrogen-bond donors (Lipinski definition) is 1. The van der Waals surface area contributed by atoms with E-state index in [1.807, 2.05) is 24.3 Å². The fraction of sp³-hybridized carbons (Fsp3) is 0.500. The molecule has 0 atom stereocenters. The van der Waals surface area contributed by atoms with Crippen molar-refractivity contribution in [2.24, 2.45) is 0 Å². The molecule has 0 amide bonds. The van der Waals surface area contributed by atoms with Crippen molar-refractivity contribution in [2.45, 2.75) is 38.0 Å². The van der Waals surface area contributed by atoms with Crippen LogP contribution in [0.3, 0.4) is 0 Å². The second kappa shape index (κ2) is 7.08. The molecule has 1 saturated heterocycles. The van der Waals surface area contributed by atoms with Crippen molar-refractivity contribution < 1.29 is 4.74 Å². The molecule has 2 aromatic rings. The fourth-order valence-corrected chi connectivity index (χ4v) is 3.39. The number of benzene rings is 1. The molecule has 6 heteroatoms. The maximum atomic E-state index is 5.84. The molecule has 1 aromatic carbocycles. The van der Waals surface area contributed by atoms with Crippen molar-refractivity contribution in [3.8, 4) is 11.4 Å². The third-order valence-electron chi connectivity index (χ3n) is 4.99. The van der Waals surface area contributed by atoms with Crippen molar-refractivity contribution in [1.29, 1.82) is 0 Å². The second-order valence-electron chi connectivity index (χ2n) is 7.86. The Balaban J connectivity index is 2.13. The molecule has 26 heavy (non-hydrogen) atoms. The number of thiol groups is 1. The quantitative estimate of drug-likeness (QED) is 0.507. The molecular weight excluding hydrogens is 344 g/mol. The molecule has 1 aliphatic heterocycles. The van der Waals surface area contributed by atoms with Crippen LogP contribution in [0.25, 0.3) is 11.4 Å². The average Bonchev–Trinajstić information content (AvgIpc) is 2.61. The first-order chi connectivity index (χ1) is 12.2. The summed E-state index contributed by atoms with van der Waals surface area (Å²) in [7, 11) is 0. The highest BCUT2D eigenvalue weighted by molar-refractivity contribution is 7.78. The maximum Gasteiger partial charge on any atom is 0.161 e. The van der Waals surface area contributed by atoms with Gasteiger partial charge >= 0.3 is 0 Å². The van der Waals surface area contributed by atoms with Crippen molar-refractivity contribution in [1.82, 2.24) is 9.97 Å². The van der Waals surface area contributed by atoms with Gasteiger partial charge in [-0.05, 0) is 63.7 Å². The second-order valence-corrected chi connectivity index (χ2v) is 9.42. The summed E-state index contributed by atoms with van der Waals surface area (Å²) in [6.07, 6.45) is 2.17. The van der Waals surface area contributed by atoms with Crippen LogP contribution in [0, 0.1) is 0 Å². The third-order valence-corrected chi connectivity index (χ3v) is 6.34. The molecule has 0 saturated carbocycles. The smallest absolute Gasteiger partial charge is 0.161 e. The number of hydrogen-bond acceptors (Lipinski definition) is 5. The zero-order valence-corrected chi connectivity index (χ0v) is 17.2. The van der Waals surface area contributed by atoms with E-state index in [2.05, 4.69) is 44.9 Å². The van der Waals surface area contributed by atoms with E-state index in [1.165, 1.54) is 11.8 Å². The van der Waals surface area contributed by atoms with Crippen molar-refractivity contribution in [2.75, 3.05) is 36.6 Å². The number of rotatable bonds is 4. The average molecular weight is 374 g/mol. The first-order valence-corrected chi connectivity index (χ1v) is 10.3. The van der Waals surface area contributed by atoms with E-state index in [4.69, 9.17) is 20.4 Å². The summed E-state index contributed by atoms with van der Waals surface area (Å²) in [5.74, 6) is 1.71. The van der Waals surface area contributed by atoms with Crippen LogP contribution < -0.4 is 10.6 Å². The Morgan fingerprint density at radius 1 is 1.19 bits per heavy atom. The van der Waals surface area contributed by atoms with Gasteiger partial charge in [-0.3, -0.25) is 0 Å². The van der Waals surface area contributed by atoms with Gasteiger partial charge in [-0.1, -0.05) is 0 Å². The summed E-state index contributed by atoms with van der Waals surface area (Å²) < 4.78 is 5.64. The minimum Gasteiger partial charge on any atom is -0.399 e. The Kier molecular flexibility index (Phi) is 5.17. The van der Waals surface area contributed by atoms with Crippen LogP contribution in [0.2, 0.25) is 0 Å². The van der Waals surface area contributed by atoms with E-state index < -0.39 is 0 Å². The van der Waals surface area contributed by atoms with Crippen LogP contribution >= 0.6 is 0 Å². The summed E-state index contributed by atoms with van der Waals surface area (Å²) in [4.78, 5) is 12.2. The number of ether oxygens (including phenoxy) is 1. The van der Waals surface area contributed by atoms with E-state index in [0.29, 0.717) is 6.61 Å². The van der Waals surface area contributed by atoms with Gasteiger partial charge in [0.2, 0.25) is 0 Å². The number of nitrogens with zero attached hydrogens (tertiary/aromatic N) is 3. The predicted molar refractivity (Wildman–Crippen MR) is 112 cm³/mol. The van der Waals surface area contributed by atoms with Crippen molar-refractivity contribution in [3.63, 3.8) is 0 Å². The molecule has 0 aliphatic carbocycles. The molecule has 140 valence electrons. The Morgan fingerprint density at radius 2 is 1.88 bits per heavy atom. The normalized spacial score (nSPS) is 17.3. The molecule has 1 aromatic heterocycles.